The van der Waals surface area contributed by atoms with E-state index in [-0.39, 0.29) is 24.5 Å². The smallest absolute Gasteiger partial charge is 0.243 e. The molecule has 0 aliphatic carbocycles. The predicted octanol–water partition coefficient (Wildman–Crippen LogP) is 0.620. The number of sulfonamides is 1. The van der Waals surface area contributed by atoms with Gasteiger partial charge in [-0.2, -0.15) is 4.98 Å². The Morgan fingerprint density at radius 2 is 2.20 bits per heavy atom. The Morgan fingerprint density at radius 1 is 1.45 bits per heavy atom. The van der Waals surface area contributed by atoms with Crippen LogP contribution in [0.25, 0.3) is 0 Å². The number of rotatable bonds is 5. The molecule has 9 heteroatoms. The van der Waals surface area contributed by atoms with Gasteiger partial charge in [0.25, 0.3) is 0 Å². The summed E-state index contributed by atoms with van der Waals surface area (Å²) in [6.07, 6.45) is 1.42. The predicted molar refractivity (Wildman–Crippen MR) is 68.7 cm³/mol. The Balaban J connectivity index is 2.12. The highest BCUT2D eigenvalue weighted by Gasteiger charge is 2.20. The van der Waals surface area contributed by atoms with Crippen LogP contribution in [0.4, 0.5) is 10.1 Å². The standard InChI is InChI=1S/C11H13FN4O3S/c1-7-4-8(12)10(5-9(7)13)20(17,18)16-3-2-11-14-6-15-19-11/h4-6,16H,2-3,13H2,1H3. The first-order valence-electron chi connectivity index (χ1n) is 5.71. The fraction of sp³-hybridized carbons (Fsp3) is 0.273. The van der Waals surface area contributed by atoms with Gasteiger partial charge in [0, 0.05) is 18.7 Å². The zero-order chi connectivity index (χ0) is 14.8. The van der Waals surface area contributed by atoms with Crippen molar-refractivity contribution < 1.29 is 17.3 Å². The van der Waals surface area contributed by atoms with Crippen LogP contribution in [0.15, 0.2) is 27.9 Å². The van der Waals surface area contributed by atoms with E-state index in [1.807, 2.05) is 0 Å². The lowest BCUT2D eigenvalue weighted by atomic mass is 10.2. The topological polar surface area (TPSA) is 111 Å². The van der Waals surface area contributed by atoms with Gasteiger partial charge in [0.15, 0.2) is 6.33 Å². The number of nitrogens with two attached hydrogens (primary N) is 1. The number of nitrogens with zero attached hydrogens (tertiary/aromatic N) is 2. The van der Waals surface area contributed by atoms with E-state index in [4.69, 9.17) is 10.3 Å². The first-order chi connectivity index (χ1) is 9.40. The van der Waals surface area contributed by atoms with Crippen molar-refractivity contribution in [3.63, 3.8) is 0 Å². The number of hydrogen-bond acceptors (Lipinski definition) is 6. The highest BCUT2D eigenvalue weighted by Crippen LogP contribution is 2.21. The Kier molecular flexibility index (Phi) is 4.00. The van der Waals surface area contributed by atoms with Gasteiger partial charge >= 0.3 is 0 Å². The molecule has 2 aromatic rings. The summed E-state index contributed by atoms with van der Waals surface area (Å²) < 4.78 is 44.6. The third-order valence-electron chi connectivity index (χ3n) is 2.65. The van der Waals surface area contributed by atoms with E-state index in [0.717, 1.165) is 12.1 Å². The fourth-order valence-corrected chi connectivity index (χ4v) is 2.67. The molecule has 0 spiro atoms. The third-order valence-corrected chi connectivity index (χ3v) is 4.12. The highest BCUT2D eigenvalue weighted by molar-refractivity contribution is 7.89. The summed E-state index contributed by atoms with van der Waals surface area (Å²) in [5.41, 5.74) is 6.29. The van der Waals surface area contributed by atoms with Gasteiger partial charge in [-0.05, 0) is 24.6 Å². The van der Waals surface area contributed by atoms with Crippen LogP contribution in [0, 0.1) is 12.7 Å². The fourth-order valence-electron chi connectivity index (χ4n) is 1.55. The van der Waals surface area contributed by atoms with Gasteiger partial charge in [0.05, 0.1) is 0 Å². The van der Waals surface area contributed by atoms with E-state index >= 15 is 0 Å². The number of aryl methyl sites for hydroxylation is 1. The van der Waals surface area contributed by atoms with Crippen molar-refractivity contribution in [1.82, 2.24) is 14.9 Å². The molecule has 0 saturated heterocycles. The lowest BCUT2D eigenvalue weighted by Crippen LogP contribution is -2.27. The molecule has 0 unspecified atom stereocenters. The van der Waals surface area contributed by atoms with Crippen molar-refractivity contribution in [2.75, 3.05) is 12.3 Å². The van der Waals surface area contributed by atoms with Gasteiger partial charge < -0.3 is 10.3 Å². The molecule has 1 heterocycles. The largest absolute Gasteiger partial charge is 0.398 e. The molecule has 0 fully saturated rings. The molecular weight excluding hydrogens is 287 g/mol. The molecule has 3 N–H and O–H groups in total. The quantitative estimate of drug-likeness (QED) is 0.783. The van der Waals surface area contributed by atoms with Gasteiger partial charge in [-0.1, -0.05) is 5.16 Å². The zero-order valence-corrected chi connectivity index (χ0v) is 11.4. The Morgan fingerprint density at radius 3 is 2.85 bits per heavy atom. The van der Waals surface area contributed by atoms with Gasteiger partial charge in [-0.25, -0.2) is 17.5 Å². The summed E-state index contributed by atoms with van der Waals surface area (Å²) in [6.45, 7) is 1.61. The number of benzene rings is 1. The SMILES string of the molecule is Cc1cc(F)c(S(=O)(=O)NCCc2ncno2)cc1N. The van der Waals surface area contributed by atoms with Crippen LogP contribution in [0.1, 0.15) is 11.5 Å². The van der Waals surface area contributed by atoms with Crippen LogP contribution >= 0.6 is 0 Å². The van der Waals surface area contributed by atoms with Crippen LogP contribution in [0.5, 0.6) is 0 Å². The lowest BCUT2D eigenvalue weighted by Gasteiger charge is -2.09. The second-order valence-electron chi connectivity index (χ2n) is 4.12. The van der Waals surface area contributed by atoms with Crippen molar-refractivity contribution in [3.05, 3.63) is 35.7 Å². The number of hydrogen-bond donors (Lipinski definition) is 2. The van der Waals surface area contributed by atoms with Crippen molar-refractivity contribution >= 4 is 15.7 Å². The van der Waals surface area contributed by atoms with Crippen molar-refractivity contribution in [2.45, 2.75) is 18.2 Å². The van der Waals surface area contributed by atoms with E-state index in [0.29, 0.717) is 5.56 Å². The maximum Gasteiger partial charge on any atom is 0.243 e. The Bertz CT molecular complexity index is 701. The highest BCUT2D eigenvalue weighted by atomic mass is 32.2. The second-order valence-corrected chi connectivity index (χ2v) is 5.86. The summed E-state index contributed by atoms with van der Waals surface area (Å²) in [7, 11) is -3.98. The normalized spacial score (nSPS) is 11.7. The molecule has 0 radical (unpaired) electrons. The van der Waals surface area contributed by atoms with Crippen LogP contribution < -0.4 is 10.5 Å². The summed E-state index contributed by atoms with van der Waals surface area (Å²) in [5.74, 6) is -0.557. The van der Waals surface area contributed by atoms with Crippen LogP contribution in [0.2, 0.25) is 0 Å². The molecule has 0 aliphatic heterocycles. The number of aromatic nitrogens is 2. The first-order valence-corrected chi connectivity index (χ1v) is 7.19. The second kappa shape index (κ2) is 5.55. The molecule has 0 atom stereocenters. The third kappa shape index (κ3) is 3.11. The summed E-state index contributed by atoms with van der Waals surface area (Å²) in [5, 5.41) is 3.39. The summed E-state index contributed by atoms with van der Waals surface area (Å²) >= 11 is 0. The minimum absolute atomic E-state index is 0.0117. The minimum atomic E-state index is -3.98. The van der Waals surface area contributed by atoms with Gasteiger partial charge in [-0.3, -0.25) is 0 Å². The minimum Gasteiger partial charge on any atom is -0.398 e. The van der Waals surface area contributed by atoms with E-state index in [9.17, 15) is 12.8 Å². The molecule has 7 nitrogen and oxygen atoms in total. The summed E-state index contributed by atoms with van der Waals surface area (Å²) in [6, 6.07) is 2.18. The van der Waals surface area contributed by atoms with Gasteiger partial charge in [-0.15, -0.1) is 0 Å². The Hall–Kier alpha value is -2.00. The van der Waals surface area contributed by atoms with Crippen molar-refractivity contribution in [1.29, 1.82) is 0 Å². The van der Waals surface area contributed by atoms with E-state index in [1.165, 1.54) is 6.33 Å². The molecular formula is C11H13FN4O3S. The number of nitrogens with one attached hydrogen (secondary N) is 1. The van der Waals surface area contributed by atoms with Crippen LogP contribution in [0.3, 0.4) is 0 Å². The average molecular weight is 300 g/mol. The Labute approximate surface area is 115 Å². The van der Waals surface area contributed by atoms with Crippen LogP contribution in [-0.2, 0) is 16.4 Å². The lowest BCUT2D eigenvalue weighted by molar-refractivity contribution is 0.377. The van der Waals surface area contributed by atoms with Crippen LogP contribution in [-0.4, -0.2) is 25.1 Å². The molecule has 1 aromatic heterocycles. The molecule has 0 aliphatic rings. The zero-order valence-electron chi connectivity index (χ0n) is 10.6. The monoisotopic (exact) mass is 300 g/mol. The van der Waals surface area contributed by atoms with Gasteiger partial charge in [0.2, 0.25) is 15.9 Å². The maximum absolute atomic E-state index is 13.7. The summed E-state index contributed by atoms with van der Waals surface area (Å²) in [4.78, 5) is 3.26. The van der Waals surface area contributed by atoms with Crippen molar-refractivity contribution in [2.24, 2.45) is 0 Å². The van der Waals surface area contributed by atoms with Crippen molar-refractivity contribution in [3.8, 4) is 0 Å². The maximum atomic E-state index is 13.7. The molecule has 108 valence electrons. The first kappa shape index (κ1) is 14.4. The molecule has 20 heavy (non-hydrogen) atoms. The number of anilines is 1. The van der Waals surface area contributed by atoms with E-state index < -0.39 is 20.7 Å². The van der Waals surface area contributed by atoms with E-state index in [2.05, 4.69) is 14.9 Å². The van der Waals surface area contributed by atoms with E-state index in [1.54, 1.807) is 6.92 Å². The molecule has 0 bridgehead atoms. The number of nitrogen functional groups attached to an aromatic ring is 1. The average Bonchev–Trinajstić information content (AvgIpc) is 2.86. The number of halogens is 1. The van der Waals surface area contributed by atoms with Gasteiger partial charge in [0.1, 0.15) is 10.7 Å². The molecule has 0 saturated carbocycles. The molecule has 2 rings (SSSR count). The molecule has 1 aromatic carbocycles. The molecule has 0 amide bonds.